The van der Waals surface area contributed by atoms with Crippen LogP contribution in [0.5, 0.6) is 0 Å². The molecule has 2 N–H and O–H groups in total. The molecule has 0 aliphatic rings. The van der Waals surface area contributed by atoms with Crippen LogP contribution < -0.4 is 5.32 Å². The third-order valence-electron chi connectivity index (χ3n) is 1.31. The molecule has 1 aromatic heterocycles. The van der Waals surface area contributed by atoms with Crippen LogP contribution in [-0.4, -0.2) is 21.8 Å². The quantitative estimate of drug-likeness (QED) is 0.428. The van der Waals surface area contributed by atoms with Crippen LogP contribution in [0.25, 0.3) is 0 Å². The van der Waals surface area contributed by atoms with Gasteiger partial charge >= 0.3 is 0 Å². The monoisotopic (exact) mass is 199 g/mol. The molecule has 1 aromatic rings. The molecule has 0 aliphatic carbocycles. The minimum atomic E-state index is -0.167. The van der Waals surface area contributed by atoms with Gasteiger partial charge in [-0.25, -0.2) is 4.98 Å². The molecule has 0 aliphatic heterocycles. The third-order valence-corrected chi connectivity index (χ3v) is 2.07. The summed E-state index contributed by atoms with van der Waals surface area (Å²) in [7, 11) is 0. The Morgan fingerprint density at radius 1 is 1.69 bits per heavy atom. The number of nitrogens with zero attached hydrogens (tertiary/aromatic N) is 2. The number of oxime groups is 1. The lowest BCUT2D eigenvalue weighted by Crippen LogP contribution is -2.05. The van der Waals surface area contributed by atoms with Crippen molar-refractivity contribution < 1.29 is 10.0 Å². The van der Waals surface area contributed by atoms with Gasteiger partial charge in [0.25, 0.3) is 0 Å². The maximum Gasteiger partial charge on any atom is 0.223 e. The van der Waals surface area contributed by atoms with Gasteiger partial charge in [0.05, 0.1) is 0 Å². The van der Waals surface area contributed by atoms with Gasteiger partial charge in [0, 0.05) is 12.3 Å². The Hall–Kier alpha value is -1.43. The first-order valence-electron chi connectivity index (χ1n) is 3.55. The molecule has 13 heavy (non-hydrogen) atoms. The number of carbonyl (C=O) groups is 1. The number of thiazole rings is 1. The molecule has 0 saturated heterocycles. The highest BCUT2D eigenvalue weighted by molar-refractivity contribution is 7.14. The second kappa shape index (κ2) is 3.99. The molecule has 1 rings (SSSR count). The fraction of sp³-hybridized carbons (Fsp3) is 0.286. The fourth-order valence-electron chi connectivity index (χ4n) is 0.699. The average Bonchev–Trinajstić information content (AvgIpc) is 2.50. The maximum atomic E-state index is 10.6. The Morgan fingerprint density at radius 2 is 2.38 bits per heavy atom. The van der Waals surface area contributed by atoms with Crippen molar-refractivity contribution in [3.8, 4) is 0 Å². The van der Waals surface area contributed by atoms with E-state index in [1.807, 2.05) is 0 Å². The van der Waals surface area contributed by atoms with Gasteiger partial charge in [-0.1, -0.05) is 5.16 Å². The number of anilines is 1. The van der Waals surface area contributed by atoms with Crippen LogP contribution in [0.2, 0.25) is 0 Å². The van der Waals surface area contributed by atoms with Crippen molar-refractivity contribution in [1.29, 1.82) is 0 Å². The van der Waals surface area contributed by atoms with Crippen LogP contribution in [0.15, 0.2) is 10.5 Å². The van der Waals surface area contributed by atoms with Crippen molar-refractivity contribution in [2.45, 2.75) is 13.8 Å². The fourth-order valence-corrected chi connectivity index (χ4v) is 1.50. The van der Waals surface area contributed by atoms with Crippen LogP contribution in [0, 0.1) is 0 Å². The molecule has 70 valence electrons. The summed E-state index contributed by atoms with van der Waals surface area (Å²) in [6.07, 6.45) is 0. The second-order valence-electron chi connectivity index (χ2n) is 2.40. The lowest BCUT2D eigenvalue weighted by Gasteiger charge is -1.93. The van der Waals surface area contributed by atoms with Gasteiger partial charge < -0.3 is 10.5 Å². The Bertz CT molecular complexity index is 345. The molecule has 0 spiro atoms. The highest BCUT2D eigenvalue weighted by Gasteiger charge is 2.05. The van der Waals surface area contributed by atoms with E-state index in [-0.39, 0.29) is 5.91 Å². The zero-order valence-corrected chi connectivity index (χ0v) is 8.05. The van der Waals surface area contributed by atoms with Crippen molar-refractivity contribution in [2.75, 3.05) is 5.32 Å². The summed E-state index contributed by atoms with van der Waals surface area (Å²) in [5.74, 6) is -0.167. The first kappa shape index (κ1) is 9.66. The summed E-state index contributed by atoms with van der Waals surface area (Å²) < 4.78 is 0. The minimum Gasteiger partial charge on any atom is -0.411 e. The molecule has 0 radical (unpaired) electrons. The second-order valence-corrected chi connectivity index (χ2v) is 3.26. The van der Waals surface area contributed by atoms with Crippen LogP contribution in [0.3, 0.4) is 0 Å². The average molecular weight is 199 g/mol. The molecular weight excluding hydrogens is 190 g/mol. The largest absolute Gasteiger partial charge is 0.411 e. The summed E-state index contributed by atoms with van der Waals surface area (Å²) in [4.78, 5) is 14.7. The highest BCUT2D eigenvalue weighted by atomic mass is 32.1. The van der Waals surface area contributed by atoms with Gasteiger partial charge in [0.1, 0.15) is 11.4 Å². The first-order valence-corrected chi connectivity index (χ1v) is 4.43. The molecule has 0 fully saturated rings. The van der Waals surface area contributed by atoms with E-state index in [1.54, 1.807) is 12.3 Å². The predicted octanol–water partition coefficient (Wildman–Crippen LogP) is 1.30. The molecule has 0 unspecified atom stereocenters. The normalized spacial score (nSPS) is 11.4. The summed E-state index contributed by atoms with van der Waals surface area (Å²) in [6, 6.07) is 0. The number of hydrogen-bond acceptors (Lipinski definition) is 5. The smallest absolute Gasteiger partial charge is 0.223 e. The van der Waals surface area contributed by atoms with E-state index >= 15 is 0 Å². The van der Waals surface area contributed by atoms with Crippen molar-refractivity contribution in [3.05, 3.63) is 11.1 Å². The SMILES string of the molecule is CC(=O)Nc1nc(/C(C)=N/O)cs1. The van der Waals surface area contributed by atoms with Gasteiger partial charge in [0.2, 0.25) is 5.91 Å². The summed E-state index contributed by atoms with van der Waals surface area (Å²) in [5, 5.41) is 16.2. The molecule has 0 atom stereocenters. The Morgan fingerprint density at radius 3 is 2.92 bits per heavy atom. The Labute approximate surface area is 79.1 Å². The van der Waals surface area contributed by atoms with E-state index in [1.165, 1.54) is 18.3 Å². The van der Waals surface area contributed by atoms with Crippen LogP contribution >= 0.6 is 11.3 Å². The van der Waals surface area contributed by atoms with E-state index in [9.17, 15) is 4.79 Å². The number of amides is 1. The number of rotatable bonds is 2. The van der Waals surface area contributed by atoms with Crippen molar-refractivity contribution in [3.63, 3.8) is 0 Å². The van der Waals surface area contributed by atoms with Crippen molar-refractivity contribution in [2.24, 2.45) is 5.16 Å². The lowest BCUT2D eigenvalue weighted by molar-refractivity contribution is -0.114. The van der Waals surface area contributed by atoms with Gasteiger partial charge in [-0.15, -0.1) is 11.3 Å². The molecule has 0 bridgehead atoms. The zero-order chi connectivity index (χ0) is 9.84. The number of carbonyl (C=O) groups excluding carboxylic acids is 1. The van der Waals surface area contributed by atoms with Gasteiger partial charge in [0.15, 0.2) is 5.13 Å². The molecule has 1 amide bonds. The van der Waals surface area contributed by atoms with Crippen LogP contribution in [0.4, 0.5) is 5.13 Å². The summed E-state index contributed by atoms with van der Waals surface area (Å²) >= 11 is 1.29. The summed E-state index contributed by atoms with van der Waals surface area (Å²) in [5.41, 5.74) is 0.990. The van der Waals surface area contributed by atoms with E-state index in [0.717, 1.165) is 0 Å². The standard InChI is InChI=1S/C7H9N3O2S/c1-4(10-12)6-3-13-7(9-6)8-5(2)11/h3,12H,1-2H3,(H,8,9,11)/b10-4+. The molecule has 5 nitrogen and oxygen atoms in total. The number of nitrogens with one attached hydrogen (secondary N) is 1. The van der Waals surface area contributed by atoms with Crippen molar-refractivity contribution in [1.82, 2.24) is 4.98 Å². The van der Waals surface area contributed by atoms with Gasteiger partial charge in [-0.05, 0) is 6.92 Å². The summed E-state index contributed by atoms with van der Waals surface area (Å²) in [6.45, 7) is 3.04. The minimum absolute atomic E-state index is 0.167. The molecule has 0 aromatic carbocycles. The highest BCUT2D eigenvalue weighted by Crippen LogP contribution is 2.15. The molecule has 0 saturated carbocycles. The zero-order valence-electron chi connectivity index (χ0n) is 7.24. The van der Waals surface area contributed by atoms with Crippen LogP contribution in [0.1, 0.15) is 19.5 Å². The van der Waals surface area contributed by atoms with E-state index in [2.05, 4.69) is 15.5 Å². The third kappa shape index (κ3) is 2.51. The first-order chi connectivity index (χ1) is 6.13. The van der Waals surface area contributed by atoms with Gasteiger partial charge in [-0.2, -0.15) is 0 Å². The number of hydrogen-bond donors (Lipinski definition) is 2. The number of aromatic nitrogens is 1. The van der Waals surface area contributed by atoms with E-state index < -0.39 is 0 Å². The maximum absolute atomic E-state index is 10.6. The Kier molecular flexibility index (Phi) is 2.97. The lowest BCUT2D eigenvalue weighted by atomic mass is 10.3. The van der Waals surface area contributed by atoms with Crippen LogP contribution in [-0.2, 0) is 4.79 Å². The molecule has 1 heterocycles. The topological polar surface area (TPSA) is 74.6 Å². The van der Waals surface area contributed by atoms with Crippen molar-refractivity contribution >= 4 is 28.1 Å². The Balaban J connectivity index is 2.80. The van der Waals surface area contributed by atoms with Gasteiger partial charge in [-0.3, -0.25) is 4.79 Å². The molecule has 6 heteroatoms. The molecular formula is C7H9N3O2S. The predicted molar refractivity (Wildman–Crippen MR) is 50.4 cm³/mol. The van der Waals surface area contributed by atoms with E-state index in [4.69, 9.17) is 5.21 Å². The van der Waals surface area contributed by atoms with E-state index in [0.29, 0.717) is 16.5 Å².